The third-order valence-corrected chi connectivity index (χ3v) is 0.874. The summed E-state index contributed by atoms with van der Waals surface area (Å²) in [4.78, 5) is 0. The molecule has 3 N–H and O–H groups in total. The highest BCUT2D eigenvalue weighted by molar-refractivity contribution is 4.53. The molecule has 0 fully saturated rings. The first-order chi connectivity index (χ1) is 4.31. The van der Waals surface area contributed by atoms with E-state index in [1.54, 1.807) is 14.2 Å². The Morgan fingerprint density at radius 2 is 2.33 bits per heavy atom. The van der Waals surface area contributed by atoms with Gasteiger partial charge in [0, 0.05) is 13.7 Å². The SMILES string of the molecule is CNNCC(O)COC. The Balaban J connectivity index is 2.95. The number of nitrogens with one attached hydrogen (secondary N) is 2. The van der Waals surface area contributed by atoms with Crippen LogP contribution in [0, 0.1) is 0 Å². The van der Waals surface area contributed by atoms with Crippen molar-refractivity contribution < 1.29 is 9.84 Å². The lowest BCUT2D eigenvalue weighted by Gasteiger charge is -2.08. The predicted molar refractivity (Wildman–Crippen MR) is 34.9 cm³/mol. The van der Waals surface area contributed by atoms with Gasteiger partial charge in [-0.05, 0) is 7.05 Å². The minimum atomic E-state index is -0.428. The average molecular weight is 134 g/mol. The molecule has 0 saturated heterocycles. The van der Waals surface area contributed by atoms with Crippen LogP contribution in [0.15, 0.2) is 0 Å². The molecule has 0 bridgehead atoms. The van der Waals surface area contributed by atoms with E-state index in [1.807, 2.05) is 0 Å². The second-order valence-corrected chi connectivity index (χ2v) is 1.74. The van der Waals surface area contributed by atoms with E-state index in [1.165, 1.54) is 0 Å². The zero-order valence-electron chi connectivity index (χ0n) is 5.85. The average Bonchev–Trinajstić information content (AvgIpc) is 1.85. The van der Waals surface area contributed by atoms with Crippen LogP contribution < -0.4 is 10.9 Å². The molecule has 1 unspecified atom stereocenters. The van der Waals surface area contributed by atoms with Crippen molar-refractivity contribution >= 4 is 0 Å². The third-order valence-electron chi connectivity index (χ3n) is 0.874. The van der Waals surface area contributed by atoms with Crippen LogP contribution in [-0.4, -0.2) is 38.5 Å². The van der Waals surface area contributed by atoms with Gasteiger partial charge in [-0.1, -0.05) is 0 Å². The fraction of sp³-hybridized carbons (Fsp3) is 1.00. The number of aliphatic hydroxyl groups is 1. The van der Waals surface area contributed by atoms with Crippen LogP contribution in [0.3, 0.4) is 0 Å². The lowest BCUT2D eigenvalue weighted by Crippen LogP contribution is -2.37. The molecular weight excluding hydrogens is 120 g/mol. The van der Waals surface area contributed by atoms with Gasteiger partial charge in [0.1, 0.15) is 0 Å². The van der Waals surface area contributed by atoms with Crippen LogP contribution in [0.5, 0.6) is 0 Å². The second-order valence-electron chi connectivity index (χ2n) is 1.74. The van der Waals surface area contributed by atoms with Gasteiger partial charge in [0.2, 0.25) is 0 Å². The Morgan fingerprint density at radius 1 is 1.67 bits per heavy atom. The van der Waals surface area contributed by atoms with E-state index in [0.717, 1.165) is 0 Å². The number of methoxy groups -OCH3 is 1. The smallest absolute Gasteiger partial charge is 0.0911 e. The Labute approximate surface area is 55.2 Å². The van der Waals surface area contributed by atoms with E-state index in [0.29, 0.717) is 13.2 Å². The molecule has 0 aromatic carbocycles. The van der Waals surface area contributed by atoms with E-state index in [-0.39, 0.29) is 0 Å². The summed E-state index contributed by atoms with van der Waals surface area (Å²) < 4.78 is 4.68. The molecule has 0 heterocycles. The summed E-state index contributed by atoms with van der Waals surface area (Å²) in [5, 5.41) is 8.95. The lowest BCUT2D eigenvalue weighted by atomic mass is 10.4. The van der Waals surface area contributed by atoms with Crippen LogP contribution in [0.25, 0.3) is 0 Å². The highest BCUT2D eigenvalue weighted by Crippen LogP contribution is 1.78. The maximum atomic E-state index is 8.95. The Kier molecular flexibility index (Phi) is 5.86. The Hall–Kier alpha value is -0.160. The zero-order valence-corrected chi connectivity index (χ0v) is 5.85. The minimum Gasteiger partial charge on any atom is -0.389 e. The van der Waals surface area contributed by atoms with E-state index < -0.39 is 6.10 Å². The van der Waals surface area contributed by atoms with E-state index in [2.05, 4.69) is 15.6 Å². The third kappa shape index (κ3) is 5.72. The maximum absolute atomic E-state index is 8.95. The molecule has 0 rings (SSSR count). The molecule has 1 atom stereocenters. The predicted octanol–water partition coefficient (Wildman–Crippen LogP) is -1.28. The van der Waals surface area contributed by atoms with Crippen molar-refractivity contribution in [1.29, 1.82) is 0 Å². The van der Waals surface area contributed by atoms with Gasteiger partial charge in [-0.25, -0.2) is 0 Å². The molecule has 9 heavy (non-hydrogen) atoms. The van der Waals surface area contributed by atoms with Crippen molar-refractivity contribution in [2.45, 2.75) is 6.10 Å². The minimum absolute atomic E-state index is 0.370. The molecule has 0 aromatic heterocycles. The number of hydrogen-bond acceptors (Lipinski definition) is 4. The summed E-state index contributed by atoms with van der Waals surface area (Å²) in [7, 11) is 3.31. The molecule has 4 nitrogen and oxygen atoms in total. The summed E-state index contributed by atoms with van der Waals surface area (Å²) >= 11 is 0. The summed E-state index contributed by atoms with van der Waals surface area (Å²) in [5.74, 6) is 0. The van der Waals surface area contributed by atoms with Crippen molar-refractivity contribution in [3.8, 4) is 0 Å². The Bertz CT molecular complexity index is 60.9. The van der Waals surface area contributed by atoms with E-state index in [9.17, 15) is 0 Å². The first-order valence-electron chi connectivity index (χ1n) is 2.88. The number of rotatable bonds is 5. The molecule has 0 spiro atoms. The standard InChI is InChI=1S/C5H14N2O2/c1-6-7-3-5(8)4-9-2/h5-8H,3-4H2,1-2H3. The maximum Gasteiger partial charge on any atom is 0.0911 e. The van der Waals surface area contributed by atoms with Gasteiger partial charge in [-0.15, -0.1) is 0 Å². The van der Waals surface area contributed by atoms with Crippen molar-refractivity contribution in [2.75, 3.05) is 27.3 Å². The zero-order chi connectivity index (χ0) is 7.11. The van der Waals surface area contributed by atoms with Crippen molar-refractivity contribution in [3.63, 3.8) is 0 Å². The number of hydrogen-bond donors (Lipinski definition) is 3. The van der Waals surface area contributed by atoms with Gasteiger partial charge in [-0.2, -0.15) is 0 Å². The Morgan fingerprint density at radius 3 is 2.78 bits per heavy atom. The molecule has 0 amide bonds. The monoisotopic (exact) mass is 134 g/mol. The number of hydrazine groups is 1. The topological polar surface area (TPSA) is 53.5 Å². The van der Waals surface area contributed by atoms with Crippen LogP contribution in [0.2, 0.25) is 0 Å². The fourth-order valence-electron chi connectivity index (χ4n) is 0.471. The molecule has 0 aromatic rings. The highest BCUT2D eigenvalue weighted by atomic mass is 16.5. The normalized spacial score (nSPS) is 13.7. The molecule has 4 heteroatoms. The number of aliphatic hydroxyl groups excluding tert-OH is 1. The molecule has 0 aliphatic carbocycles. The first-order valence-corrected chi connectivity index (χ1v) is 2.88. The van der Waals surface area contributed by atoms with E-state index in [4.69, 9.17) is 5.11 Å². The molecule has 0 aliphatic heterocycles. The van der Waals surface area contributed by atoms with Gasteiger partial charge < -0.3 is 9.84 Å². The summed E-state index contributed by atoms with van der Waals surface area (Å²) in [6.07, 6.45) is -0.428. The highest BCUT2D eigenvalue weighted by Gasteiger charge is 1.99. The van der Waals surface area contributed by atoms with Crippen LogP contribution in [0.4, 0.5) is 0 Å². The quantitative estimate of drug-likeness (QED) is 0.410. The van der Waals surface area contributed by atoms with Crippen LogP contribution in [0.1, 0.15) is 0 Å². The van der Waals surface area contributed by atoms with Gasteiger partial charge in [-0.3, -0.25) is 10.9 Å². The van der Waals surface area contributed by atoms with Gasteiger partial charge >= 0.3 is 0 Å². The molecular formula is C5H14N2O2. The lowest BCUT2D eigenvalue weighted by molar-refractivity contribution is 0.0628. The summed E-state index contributed by atoms with van der Waals surface area (Å²) in [6, 6.07) is 0. The number of ether oxygens (including phenoxy) is 1. The van der Waals surface area contributed by atoms with Crippen LogP contribution in [-0.2, 0) is 4.74 Å². The summed E-state index contributed by atoms with van der Waals surface area (Å²) in [6.45, 7) is 0.874. The fourth-order valence-corrected chi connectivity index (χ4v) is 0.471. The molecule has 56 valence electrons. The van der Waals surface area contributed by atoms with E-state index >= 15 is 0 Å². The van der Waals surface area contributed by atoms with Crippen molar-refractivity contribution in [2.24, 2.45) is 0 Å². The molecule has 0 saturated carbocycles. The molecule has 0 radical (unpaired) electrons. The first kappa shape index (κ1) is 8.84. The van der Waals surface area contributed by atoms with Crippen LogP contribution >= 0.6 is 0 Å². The van der Waals surface area contributed by atoms with Crippen molar-refractivity contribution in [3.05, 3.63) is 0 Å². The summed E-state index contributed by atoms with van der Waals surface area (Å²) in [5.41, 5.74) is 5.44. The van der Waals surface area contributed by atoms with Gasteiger partial charge in [0.15, 0.2) is 0 Å². The van der Waals surface area contributed by atoms with Gasteiger partial charge in [0.25, 0.3) is 0 Å². The largest absolute Gasteiger partial charge is 0.389 e. The molecule has 0 aliphatic rings. The second kappa shape index (κ2) is 5.97. The van der Waals surface area contributed by atoms with Crippen molar-refractivity contribution in [1.82, 2.24) is 10.9 Å². The van der Waals surface area contributed by atoms with Gasteiger partial charge in [0.05, 0.1) is 12.7 Å².